The molecule has 0 bridgehead atoms. The SMILES string of the molecule is CC(=O)NCC1CCCN(c2cccc(F)n2)C1. The molecule has 5 heteroatoms. The van der Waals surface area contributed by atoms with Gasteiger partial charge in [0.2, 0.25) is 11.9 Å². The fraction of sp³-hybridized carbons (Fsp3) is 0.538. The first kappa shape index (κ1) is 12.8. The number of hydrogen-bond donors (Lipinski definition) is 1. The van der Waals surface area contributed by atoms with Gasteiger partial charge in [0.15, 0.2) is 0 Å². The zero-order valence-corrected chi connectivity index (χ0v) is 10.5. The Kier molecular flexibility index (Phi) is 4.12. The minimum Gasteiger partial charge on any atom is -0.356 e. The Hall–Kier alpha value is -1.65. The molecule has 1 aliphatic heterocycles. The van der Waals surface area contributed by atoms with E-state index in [1.807, 2.05) is 6.07 Å². The van der Waals surface area contributed by atoms with E-state index >= 15 is 0 Å². The van der Waals surface area contributed by atoms with Crippen LogP contribution < -0.4 is 10.2 Å². The van der Waals surface area contributed by atoms with E-state index in [1.54, 1.807) is 6.07 Å². The van der Waals surface area contributed by atoms with Crippen molar-refractivity contribution in [2.24, 2.45) is 5.92 Å². The highest BCUT2D eigenvalue weighted by molar-refractivity contribution is 5.72. The first-order chi connectivity index (χ1) is 8.65. The first-order valence-corrected chi connectivity index (χ1v) is 6.27. The van der Waals surface area contributed by atoms with Crippen molar-refractivity contribution in [2.45, 2.75) is 19.8 Å². The zero-order valence-electron chi connectivity index (χ0n) is 10.5. The maximum Gasteiger partial charge on any atom is 0.216 e. The first-order valence-electron chi connectivity index (χ1n) is 6.27. The summed E-state index contributed by atoms with van der Waals surface area (Å²) in [5.41, 5.74) is 0. The summed E-state index contributed by atoms with van der Waals surface area (Å²) < 4.78 is 13.1. The van der Waals surface area contributed by atoms with Gasteiger partial charge in [-0.05, 0) is 30.9 Å². The maximum absolute atomic E-state index is 13.1. The smallest absolute Gasteiger partial charge is 0.216 e. The minimum absolute atomic E-state index is 0.00370. The lowest BCUT2D eigenvalue weighted by molar-refractivity contribution is -0.119. The number of carbonyl (C=O) groups is 1. The largest absolute Gasteiger partial charge is 0.356 e. The number of aromatic nitrogens is 1. The van der Waals surface area contributed by atoms with Crippen molar-refractivity contribution in [1.82, 2.24) is 10.3 Å². The second-order valence-corrected chi connectivity index (χ2v) is 4.71. The molecule has 0 aromatic carbocycles. The Morgan fingerprint density at radius 1 is 1.61 bits per heavy atom. The average molecular weight is 251 g/mol. The molecule has 2 heterocycles. The van der Waals surface area contributed by atoms with Crippen LogP contribution in [0.1, 0.15) is 19.8 Å². The molecule has 1 atom stereocenters. The maximum atomic E-state index is 13.1. The summed E-state index contributed by atoms with van der Waals surface area (Å²) in [5, 5.41) is 2.84. The second-order valence-electron chi connectivity index (χ2n) is 4.71. The summed E-state index contributed by atoms with van der Waals surface area (Å²) >= 11 is 0. The van der Waals surface area contributed by atoms with Gasteiger partial charge >= 0.3 is 0 Å². The zero-order chi connectivity index (χ0) is 13.0. The standard InChI is InChI=1S/C13H18FN3O/c1-10(18)15-8-11-4-3-7-17(9-11)13-6-2-5-12(14)16-13/h2,5-6,11H,3-4,7-9H2,1H3,(H,15,18). The van der Waals surface area contributed by atoms with Gasteiger partial charge in [-0.2, -0.15) is 4.39 Å². The number of anilines is 1. The van der Waals surface area contributed by atoms with Crippen LogP contribution in [-0.4, -0.2) is 30.5 Å². The van der Waals surface area contributed by atoms with Crippen LogP contribution in [0, 0.1) is 11.9 Å². The summed E-state index contributed by atoms with van der Waals surface area (Å²) in [5.74, 6) is 0.641. The molecule has 2 rings (SSSR count). The van der Waals surface area contributed by atoms with E-state index in [9.17, 15) is 9.18 Å². The summed E-state index contributed by atoms with van der Waals surface area (Å²) in [4.78, 5) is 16.9. The predicted octanol–water partition coefficient (Wildman–Crippen LogP) is 1.57. The number of carbonyl (C=O) groups excluding carboxylic acids is 1. The second kappa shape index (κ2) is 5.80. The molecule has 1 aromatic rings. The monoisotopic (exact) mass is 251 g/mol. The predicted molar refractivity (Wildman–Crippen MR) is 67.8 cm³/mol. The van der Waals surface area contributed by atoms with Crippen LogP contribution in [0.3, 0.4) is 0 Å². The number of nitrogens with zero attached hydrogens (tertiary/aromatic N) is 2. The lowest BCUT2D eigenvalue weighted by Gasteiger charge is -2.33. The van der Waals surface area contributed by atoms with Crippen LogP contribution in [0.15, 0.2) is 18.2 Å². The van der Waals surface area contributed by atoms with Crippen molar-refractivity contribution in [1.29, 1.82) is 0 Å². The number of nitrogens with one attached hydrogen (secondary N) is 1. The number of pyridine rings is 1. The highest BCUT2D eigenvalue weighted by Gasteiger charge is 2.21. The van der Waals surface area contributed by atoms with Crippen molar-refractivity contribution >= 4 is 11.7 Å². The van der Waals surface area contributed by atoms with Gasteiger partial charge in [-0.25, -0.2) is 4.98 Å². The molecule has 0 aliphatic carbocycles. The van der Waals surface area contributed by atoms with Crippen LogP contribution in [0.5, 0.6) is 0 Å². The highest BCUT2D eigenvalue weighted by Crippen LogP contribution is 2.21. The lowest BCUT2D eigenvalue weighted by Crippen LogP contribution is -2.41. The van der Waals surface area contributed by atoms with Gasteiger partial charge in [0.25, 0.3) is 0 Å². The molecule has 0 saturated carbocycles. The van der Waals surface area contributed by atoms with Crippen molar-refractivity contribution < 1.29 is 9.18 Å². The third-order valence-corrected chi connectivity index (χ3v) is 3.18. The molecule has 1 aromatic heterocycles. The molecule has 1 aliphatic rings. The van der Waals surface area contributed by atoms with E-state index in [0.717, 1.165) is 25.9 Å². The fourth-order valence-electron chi connectivity index (χ4n) is 2.30. The molecule has 1 fully saturated rings. The quantitative estimate of drug-likeness (QED) is 0.829. The number of halogens is 1. The molecule has 1 unspecified atom stereocenters. The van der Waals surface area contributed by atoms with Crippen LogP contribution >= 0.6 is 0 Å². The highest BCUT2D eigenvalue weighted by atomic mass is 19.1. The van der Waals surface area contributed by atoms with E-state index in [1.165, 1.54) is 13.0 Å². The van der Waals surface area contributed by atoms with E-state index in [-0.39, 0.29) is 5.91 Å². The fourth-order valence-corrected chi connectivity index (χ4v) is 2.30. The molecule has 18 heavy (non-hydrogen) atoms. The molecule has 0 radical (unpaired) electrons. The third kappa shape index (κ3) is 3.42. The summed E-state index contributed by atoms with van der Waals surface area (Å²) in [7, 11) is 0. The molecule has 1 saturated heterocycles. The Labute approximate surface area is 106 Å². The molecule has 98 valence electrons. The normalized spacial score (nSPS) is 19.7. The molecule has 1 N–H and O–H groups in total. The van der Waals surface area contributed by atoms with Gasteiger partial charge in [0.1, 0.15) is 5.82 Å². The van der Waals surface area contributed by atoms with Crippen LogP contribution in [0.25, 0.3) is 0 Å². The van der Waals surface area contributed by atoms with Gasteiger partial charge in [0.05, 0.1) is 0 Å². The molecular formula is C13H18FN3O. The van der Waals surface area contributed by atoms with Crippen LogP contribution in [-0.2, 0) is 4.79 Å². The van der Waals surface area contributed by atoms with Crippen molar-refractivity contribution in [3.63, 3.8) is 0 Å². The summed E-state index contributed by atoms with van der Waals surface area (Å²) in [6, 6.07) is 4.85. The molecular weight excluding hydrogens is 233 g/mol. The molecule has 0 spiro atoms. The van der Waals surface area contributed by atoms with E-state index < -0.39 is 5.95 Å². The lowest BCUT2D eigenvalue weighted by atomic mass is 9.98. The van der Waals surface area contributed by atoms with Crippen LogP contribution in [0.2, 0.25) is 0 Å². The van der Waals surface area contributed by atoms with Gasteiger partial charge in [0, 0.05) is 26.6 Å². The Bertz CT molecular complexity index is 424. The Morgan fingerprint density at radius 2 is 2.44 bits per heavy atom. The van der Waals surface area contributed by atoms with Crippen molar-refractivity contribution in [3.8, 4) is 0 Å². The van der Waals surface area contributed by atoms with Crippen molar-refractivity contribution in [3.05, 3.63) is 24.1 Å². The van der Waals surface area contributed by atoms with Crippen LogP contribution in [0.4, 0.5) is 10.2 Å². The number of amides is 1. The van der Waals surface area contributed by atoms with E-state index in [4.69, 9.17) is 0 Å². The number of rotatable bonds is 3. The minimum atomic E-state index is -0.448. The Morgan fingerprint density at radius 3 is 3.17 bits per heavy atom. The van der Waals surface area contributed by atoms with Gasteiger partial charge in [-0.1, -0.05) is 6.07 Å². The number of hydrogen-bond acceptors (Lipinski definition) is 3. The van der Waals surface area contributed by atoms with Gasteiger partial charge < -0.3 is 10.2 Å². The van der Waals surface area contributed by atoms with Gasteiger partial charge in [-0.15, -0.1) is 0 Å². The molecule has 1 amide bonds. The van der Waals surface area contributed by atoms with E-state index in [0.29, 0.717) is 18.3 Å². The number of piperidine rings is 1. The summed E-state index contributed by atoms with van der Waals surface area (Å²) in [6.45, 7) is 3.92. The molecule has 4 nitrogen and oxygen atoms in total. The average Bonchev–Trinajstić information content (AvgIpc) is 2.37. The van der Waals surface area contributed by atoms with Crippen molar-refractivity contribution in [2.75, 3.05) is 24.5 Å². The van der Waals surface area contributed by atoms with E-state index in [2.05, 4.69) is 15.2 Å². The summed E-state index contributed by atoms with van der Waals surface area (Å²) in [6.07, 6.45) is 2.13. The van der Waals surface area contributed by atoms with Gasteiger partial charge in [-0.3, -0.25) is 4.79 Å². The topological polar surface area (TPSA) is 45.2 Å². The Balaban J connectivity index is 1.96. The third-order valence-electron chi connectivity index (χ3n) is 3.18.